The molecular formula is C7H14N2O4S. The van der Waals surface area contributed by atoms with Crippen LogP contribution in [0.3, 0.4) is 0 Å². The molecule has 0 aromatic carbocycles. The lowest BCUT2D eigenvalue weighted by atomic mass is 9.95. The largest absolute Gasteiger partial charge is 0.465 e. The molecule has 7 heteroatoms. The molecule has 2 heterocycles. The number of hydrogen-bond acceptors (Lipinski definition) is 4. The van der Waals surface area contributed by atoms with E-state index in [9.17, 15) is 13.9 Å². The molecule has 2 saturated heterocycles. The van der Waals surface area contributed by atoms with Gasteiger partial charge in [-0.25, -0.2) is 4.79 Å². The van der Waals surface area contributed by atoms with Gasteiger partial charge in [0, 0.05) is 13.1 Å². The SMILES string of the molecule is O=C(O)NC1CC2(CNC2)S(O)(O)C1. The van der Waals surface area contributed by atoms with Crippen LogP contribution in [-0.2, 0) is 0 Å². The van der Waals surface area contributed by atoms with Crippen molar-refractivity contribution in [3.05, 3.63) is 0 Å². The molecule has 2 aliphatic heterocycles. The topological polar surface area (TPSA) is 102 Å². The zero-order valence-electron chi connectivity index (χ0n) is 7.56. The zero-order valence-corrected chi connectivity index (χ0v) is 8.38. The van der Waals surface area contributed by atoms with Crippen molar-refractivity contribution in [2.75, 3.05) is 18.8 Å². The lowest BCUT2D eigenvalue weighted by Gasteiger charge is -2.51. The highest BCUT2D eigenvalue weighted by molar-refractivity contribution is 8.25. The third-order valence-corrected chi connectivity index (χ3v) is 5.68. The molecule has 14 heavy (non-hydrogen) atoms. The Morgan fingerprint density at radius 2 is 2.14 bits per heavy atom. The van der Waals surface area contributed by atoms with Crippen LogP contribution in [0.4, 0.5) is 4.79 Å². The average Bonchev–Trinajstić information content (AvgIpc) is 2.17. The first-order valence-corrected chi connectivity index (χ1v) is 6.12. The second kappa shape index (κ2) is 2.99. The summed E-state index contributed by atoms with van der Waals surface area (Å²) in [7, 11) is -2.63. The van der Waals surface area contributed by atoms with Gasteiger partial charge in [0.2, 0.25) is 0 Å². The van der Waals surface area contributed by atoms with Crippen LogP contribution in [-0.4, -0.2) is 49.9 Å². The molecule has 1 spiro atoms. The van der Waals surface area contributed by atoms with Gasteiger partial charge in [0.15, 0.2) is 0 Å². The number of amides is 1. The minimum absolute atomic E-state index is 0.154. The molecule has 0 radical (unpaired) electrons. The standard InChI is InChI=1S/C7H14N2O4S/c10-6(11)9-5-1-7(3-8-4-7)14(12,13)2-5/h5,8-9,12-13H,1-4H2,(H,10,11). The molecule has 0 aromatic heterocycles. The zero-order chi connectivity index (χ0) is 10.4. The Kier molecular flexibility index (Phi) is 2.15. The lowest BCUT2D eigenvalue weighted by Crippen LogP contribution is -2.60. The summed E-state index contributed by atoms with van der Waals surface area (Å²) in [6.45, 7) is 1.15. The molecule has 0 bridgehead atoms. The van der Waals surface area contributed by atoms with E-state index in [1.54, 1.807) is 0 Å². The second-order valence-electron chi connectivity index (χ2n) is 3.97. The van der Waals surface area contributed by atoms with Crippen molar-refractivity contribution in [2.24, 2.45) is 0 Å². The van der Waals surface area contributed by atoms with Crippen LogP contribution >= 0.6 is 10.6 Å². The number of carboxylic acid groups (broad SMARTS) is 1. The van der Waals surface area contributed by atoms with Crippen molar-refractivity contribution >= 4 is 16.7 Å². The highest BCUT2D eigenvalue weighted by Gasteiger charge is 2.55. The third kappa shape index (κ3) is 1.36. The molecule has 1 amide bonds. The van der Waals surface area contributed by atoms with Crippen molar-refractivity contribution in [3.8, 4) is 0 Å². The van der Waals surface area contributed by atoms with Gasteiger partial charge in [-0.3, -0.25) is 9.11 Å². The van der Waals surface area contributed by atoms with E-state index in [1.165, 1.54) is 0 Å². The Labute approximate surface area is 83.0 Å². The Hall–Kier alpha value is -0.500. The van der Waals surface area contributed by atoms with Crippen LogP contribution in [0.2, 0.25) is 0 Å². The fourth-order valence-electron chi connectivity index (χ4n) is 2.15. The number of hydrogen-bond donors (Lipinski definition) is 5. The Morgan fingerprint density at radius 1 is 1.50 bits per heavy atom. The molecule has 2 rings (SSSR count). The Bertz CT molecular complexity index is 266. The van der Waals surface area contributed by atoms with E-state index in [-0.39, 0.29) is 11.8 Å². The van der Waals surface area contributed by atoms with Crippen molar-refractivity contribution in [1.29, 1.82) is 0 Å². The first kappa shape index (κ1) is 10.0. The van der Waals surface area contributed by atoms with Gasteiger partial charge >= 0.3 is 6.09 Å². The van der Waals surface area contributed by atoms with Crippen LogP contribution < -0.4 is 10.6 Å². The predicted octanol–water partition coefficient (Wildman–Crippen LogP) is 0.119. The Balaban J connectivity index is 2.05. The molecule has 1 unspecified atom stereocenters. The van der Waals surface area contributed by atoms with E-state index in [0.717, 1.165) is 0 Å². The molecule has 6 nitrogen and oxygen atoms in total. The van der Waals surface area contributed by atoms with Crippen LogP contribution in [0, 0.1) is 0 Å². The van der Waals surface area contributed by atoms with Gasteiger partial charge in [0.1, 0.15) is 0 Å². The summed E-state index contributed by atoms with van der Waals surface area (Å²) in [5.41, 5.74) is 0. The van der Waals surface area contributed by atoms with Crippen LogP contribution in [0.1, 0.15) is 6.42 Å². The average molecular weight is 222 g/mol. The van der Waals surface area contributed by atoms with E-state index in [1.807, 2.05) is 0 Å². The molecule has 0 aromatic rings. The molecule has 0 aliphatic carbocycles. The maximum Gasteiger partial charge on any atom is 0.404 e. The highest BCUT2D eigenvalue weighted by Crippen LogP contribution is 2.61. The van der Waals surface area contributed by atoms with Gasteiger partial charge in [0.25, 0.3) is 0 Å². The smallest absolute Gasteiger partial charge is 0.404 e. The Morgan fingerprint density at radius 3 is 2.50 bits per heavy atom. The van der Waals surface area contributed by atoms with Gasteiger partial charge < -0.3 is 15.7 Å². The first-order valence-electron chi connectivity index (χ1n) is 4.41. The number of rotatable bonds is 1. The van der Waals surface area contributed by atoms with Crippen molar-refractivity contribution < 1.29 is 19.0 Å². The normalized spacial score (nSPS) is 34.9. The van der Waals surface area contributed by atoms with Crippen molar-refractivity contribution in [1.82, 2.24) is 10.6 Å². The molecule has 0 saturated carbocycles. The van der Waals surface area contributed by atoms with E-state index < -0.39 is 21.4 Å². The summed E-state index contributed by atoms with van der Waals surface area (Å²) in [6.07, 6.45) is -0.580. The highest BCUT2D eigenvalue weighted by atomic mass is 32.3. The van der Waals surface area contributed by atoms with Crippen LogP contribution in [0.15, 0.2) is 0 Å². The summed E-state index contributed by atoms with van der Waals surface area (Å²) in [6, 6.07) is -0.320. The summed E-state index contributed by atoms with van der Waals surface area (Å²) < 4.78 is 19.2. The van der Waals surface area contributed by atoms with E-state index in [0.29, 0.717) is 19.5 Å². The van der Waals surface area contributed by atoms with Crippen molar-refractivity contribution in [2.45, 2.75) is 17.2 Å². The minimum Gasteiger partial charge on any atom is -0.465 e. The molecule has 82 valence electrons. The molecular weight excluding hydrogens is 208 g/mol. The number of nitrogens with one attached hydrogen (secondary N) is 2. The van der Waals surface area contributed by atoms with Crippen LogP contribution in [0.25, 0.3) is 0 Å². The molecule has 2 aliphatic rings. The summed E-state index contributed by atoms with van der Waals surface area (Å²) in [4.78, 5) is 10.4. The van der Waals surface area contributed by atoms with Gasteiger partial charge in [-0.2, -0.15) is 10.6 Å². The predicted molar refractivity (Wildman–Crippen MR) is 52.9 cm³/mol. The fourth-order valence-corrected chi connectivity index (χ4v) is 4.40. The third-order valence-electron chi connectivity index (χ3n) is 2.97. The monoisotopic (exact) mass is 222 g/mol. The van der Waals surface area contributed by atoms with Crippen molar-refractivity contribution in [3.63, 3.8) is 0 Å². The summed E-state index contributed by atoms with van der Waals surface area (Å²) in [5, 5.41) is 13.8. The van der Waals surface area contributed by atoms with Gasteiger partial charge in [0.05, 0.1) is 16.5 Å². The van der Waals surface area contributed by atoms with Gasteiger partial charge in [-0.15, -0.1) is 0 Å². The van der Waals surface area contributed by atoms with Gasteiger partial charge in [-0.05, 0) is 6.42 Å². The number of carbonyl (C=O) groups is 1. The summed E-state index contributed by atoms with van der Waals surface area (Å²) >= 11 is 0. The molecule has 5 N–H and O–H groups in total. The maximum absolute atomic E-state index is 10.4. The minimum atomic E-state index is -2.63. The maximum atomic E-state index is 10.4. The summed E-state index contributed by atoms with van der Waals surface area (Å²) in [5.74, 6) is 0.154. The second-order valence-corrected chi connectivity index (χ2v) is 6.50. The van der Waals surface area contributed by atoms with Crippen LogP contribution in [0.5, 0.6) is 0 Å². The lowest BCUT2D eigenvalue weighted by molar-refractivity contribution is 0.189. The van der Waals surface area contributed by atoms with Gasteiger partial charge in [-0.1, -0.05) is 0 Å². The fraction of sp³-hybridized carbons (Fsp3) is 0.857. The van der Waals surface area contributed by atoms with E-state index in [4.69, 9.17) is 5.11 Å². The first-order chi connectivity index (χ1) is 6.45. The molecule has 1 atom stereocenters. The molecule has 2 fully saturated rings. The van der Waals surface area contributed by atoms with E-state index in [2.05, 4.69) is 10.6 Å². The van der Waals surface area contributed by atoms with E-state index >= 15 is 0 Å². The quantitative estimate of drug-likeness (QED) is 0.433.